The molecule has 1 rings (SSSR count). The van der Waals surface area contributed by atoms with E-state index in [1.807, 2.05) is 11.3 Å². The largest absolute Gasteiger partial charge is 0.383 e. The minimum atomic E-state index is 0.489. The fourth-order valence-electron chi connectivity index (χ4n) is 1.90. The number of nitrogens with zero attached hydrogens (tertiary/aromatic N) is 1. The maximum atomic E-state index is 5.57. The summed E-state index contributed by atoms with van der Waals surface area (Å²) in [7, 11) is 3.94. The molecule has 1 aromatic rings. The van der Waals surface area contributed by atoms with E-state index in [-0.39, 0.29) is 0 Å². The standard InChI is InChI=1S/C13H24N2OS/c1-15(9-7-13-6-4-10-17-13)12(11-16-2)5-3-8-14/h4,6,10,12H,3,5,7-9,11,14H2,1-2H3. The second-order valence-corrected chi connectivity index (χ2v) is 5.38. The quantitative estimate of drug-likeness (QED) is 0.734. The summed E-state index contributed by atoms with van der Waals surface area (Å²) < 4.78 is 5.28. The first-order chi connectivity index (χ1) is 8.27. The van der Waals surface area contributed by atoms with Crippen LogP contribution in [0, 0.1) is 0 Å². The van der Waals surface area contributed by atoms with Gasteiger partial charge in [0.2, 0.25) is 0 Å². The van der Waals surface area contributed by atoms with E-state index in [1.165, 1.54) is 4.88 Å². The van der Waals surface area contributed by atoms with E-state index in [4.69, 9.17) is 10.5 Å². The van der Waals surface area contributed by atoms with Gasteiger partial charge in [0, 0.05) is 24.6 Å². The van der Waals surface area contributed by atoms with Gasteiger partial charge in [0.1, 0.15) is 0 Å². The van der Waals surface area contributed by atoms with Crippen molar-refractivity contribution in [1.82, 2.24) is 4.90 Å². The topological polar surface area (TPSA) is 38.5 Å². The molecule has 0 fully saturated rings. The van der Waals surface area contributed by atoms with Crippen molar-refractivity contribution in [2.45, 2.75) is 25.3 Å². The van der Waals surface area contributed by atoms with Gasteiger partial charge in [0.25, 0.3) is 0 Å². The van der Waals surface area contributed by atoms with Crippen LogP contribution in [0.3, 0.4) is 0 Å². The van der Waals surface area contributed by atoms with Gasteiger partial charge >= 0.3 is 0 Å². The Bertz CT molecular complexity index is 277. The predicted molar refractivity (Wildman–Crippen MR) is 74.6 cm³/mol. The molecular weight excluding hydrogens is 232 g/mol. The van der Waals surface area contributed by atoms with Crippen LogP contribution in [0.4, 0.5) is 0 Å². The molecule has 98 valence electrons. The molecule has 3 nitrogen and oxygen atoms in total. The molecule has 2 N–H and O–H groups in total. The lowest BCUT2D eigenvalue weighted by molar-refractivity contribution is 0.101. The lowest BCUT2D eigenvalue weighted by Crippen LogP contribution is -2.37. The summed E-state index contributed by atoms with van der Waals surface area (Å²) in [5.41, 5.74) is 5.57. The minimum Gasteiger partial charge on any atom is -0.383 e. The van der Waals surface area contributed by atoms with Crippen LogP contribution >= 0.6 is 11.3 Å². The van der Waals surface area contributed by atoms with Crippen molar-refractivity contribution in [3.63, 3.8) is 0 Å². The summed E-state index contributed by atoms with van der Waals surface area (Å²) in [4.78, 5) is 3.84. The van der Waals surface area contributed by atoms with Crippen molar-refractivity contribution in [3.05, 3.63) is 22.4 Å². The summed E-state index contributed by atoms with van der Waals surface area (Å²) in [5, 5.41) is 2.14. The third-order valence-corrected chi connectivity index (χ3v) is 3.95. The van der Waals surface area contributed by atoms with E-state index < -0.39 is 0 Å². The molecular formula is C13H24N2OS. The predicted octanol–water partition coefficient (Wildman–Crippen LogP) is 1.98. The molecule has 0 aromatic carbocycles. The number of methoxy groups -OCH3 is 1. The number of thiophene rings is 1. The number of hydrogen-bond donors (Lipinski definition) is 1. The van der Waals surface area contributed by atoms with Gasteiger partial charge in [-0.25, -0.2) is 0 Å². The second kappa shape index (κ2) is 8.64. The first-order valence-electron chi connectivity index (χ1n) is 6.19. The molecule has 0 aliphatic rings. The van der Waals surface area contributed by atoms with Gasteiger partial charge in [-0.05, 0) is 44.3 Å². The van der Waals surface area contributed by atoms with Crippen molar-refractivity contribution in [3.8, 4) is 0 Å². The van der Waals surface area contributed by atoms with Crippen LogP contribution in [0.1, 0.15) is 17.7 Å². The Hall–Kier alpha value is -0.420. The molecule has 0 saturated heterocycles. The molecule has 17 heavy (non-hydrogen) atoms. The van der Waals surface area contributed by atoms with Crippen LogP contribution in [-0.4, -0.2) is 44.8 Å². The monoisotopic (exact) mass is 256 g/mol. The van der Waals surface area contributed by atoms with E-state index >= 15 is 0 Å². The SMILES string of the molecule is COCC(CCCN)N(C)CCc1cccs1. The maximum absolute atomic E-state index is 5.57. The number of hydrogen-bond acceptors (Lipinski definition) is 4. The molecule has 1 atom stereocenters. The third-order valence-electron chi connectivity index (χ3n) is 3.01. The molecule has 0 bridgehead atoms. The average molecular weight is 256 g/mol. The van der Waals surface area contributed by atoms with Crippen LogP contribution in [-0.2, 0) is 11.2 Å². The highest BCUT2D eigenvalue weighted by atomic mass is 32.1. The molecule has 1 heterocycles. The van der Waals surface area contributed by atoms with Gasteiger partial charge in [-0.2, -0.15) is 0 Å². The van der Waals surface area contributed by atoms with E-state index in [9.17, 15) is 0 Å². The average Bonchev–Trinajstić information content (AvgIpc) is 2.84. The zero-order valence-electron chi connectivity index (χ0n) is 10.9. The lowest BCUT2D eigenvalue weighted by atomic mass is 10.1. The first-order valence-corrected chi connectivity index (χ1v) is 7.07. The van der Waals surface area contributed by atoms with Crippen LogP contribution < -0.4 is 5.73 Å². The number of ether oxygens (including phenoxy) is 1. The van der Waals surface area contributed by atoms with Crippen LogP contribution in [0.5, 0.6) is 0 Å². The summed E-state index contributed by atoms with van der Waals surface area (Å²) >= 11 is 1.83. The van der Waals surface area contributed by atoms with Crippen LogP contribution in [0.2, 0.25) is 0 Å². The van der Waals surface area contributed by atoms with E-state index in [0.29, 0.717) is 6.04 Å². The number of rotatable bonds is 9. The fraction of sp³-hybridized carbons (Fsp3) is 0.692. The van der Waals surface area contributed by atoms with Crippen LogP contribution in [0.15, 0.2) is 17.5 Å². The smallest absolute Gasteiger partial charge is 0.0617 e. The highest BCUT2D eigenvalue weighted by Crippen LogP contribution is 2.11. The van der Waals surface area contributed by atoms with Crippen molar-refractivity contribution >= 4 is 11.3 Å². The highest BCUT2D eigenvalue weighted by Gasteiger charge is 2.13. The van der Waals surface area contributed by atoms with Gasteiger partial charge in [-0.1, -0.05) is 6.07 Å². The first kappa shape index (κ1) is 14.6. The van der Waals surface area contributed by atoms with Gasteiger partial charge in [0.15, 0.2) is 0 Å². The maximum Gasteiger partial charge on any atom is 0.0617 e. The summed E-state index contributed by atoms with van der Waals surface area (Å²) in [6.07, 6.45) is 3.31. The molecule has 0 aliphatic heterocycles. The number of nitrogens with two attached hydrogens (primary N) is 1. The molecule has 0 saturated carbocycles. The van der Waals surface area contributed by atoms with Gasteiger partial charge in [-0.3, -0.25) is 0 Å². The van der Waals surface area contributed by atoms with Crippen molar-refractivity contribution < 1.29 is 4.74 Å². The van der Waals surface area contributed by atoms with Crippen molar-refractivity contribution in [1.29, 1.82) is 0 Å². The zero-order chi connectivity index (χ0) is 12.5. The summed E-state index contributed by atoms with van der Waals surface area (Å²) in [5.74, 6) is 0. The molecule has 1 unspecified atom stereocenters. The highest BCUT2D eigenvalue weighted by molar-refractivity contribution is 7.09. The Morgan fingerprint density at radius 1 is 1.53 bits per heavy atom. The summed E-state index contributed by atoms with van der Waals surface area (Å²) in [6.45, 7) is 2.64. The lowest BCUT2D eigenvalue weighted by Gasteiger charge is -2.27. The van der Waals surface area contributed by atoms with Gasteiger partial charge < -0.3 is 15.4 Å². The zero-order valence-corrected chi connectivity index (χ0v) is 11.7. The molecule has 0 radical (unpaired) electrons. The molecule has 0 aliphatic carbocycles. The molecule has 0 amide bonds. The van der Waals surface area contributed by atoms with E-state index in [1.54, 1.807) is 7.11 Å². The normalized spacial score (nSPS) is 13.2. The summed E-state index contributed by atoms with van der Waals surface area (Å²) in [6, 6.07) is 4.80. The molecule has 0 spiro atoms. The van der Waals surface area contributed by atoms with Gasteiger partial charge in [-0.15, -0.1) is 11.3 Å². The van der Waals surface area contributed by atoms with Crippen LogP contribution in [0.25, 0.3) is 0 Å². The van der Waals surface area contributed by atoms with E-state index in [2.05, 4.69) is 29.5 Å². The Morgan fingerprint density at radius 3 is 2.94 bits per heavy atom. The third kappa shape index (κ3) is 5.64. The fourth-order valence-corrected chi connectivity index (χ4v) is 2.60. The van der Waals surface area contributed by atoms with Crippen molar-refractivity contribution in [2.75, 3.05) is 33.9 Å². The Morgan fingerprint density at radius 2 is 2.35 bits per heavy atom. The second-order valence-electron chi connectivity index (χ2n) is 4.35. The van der Waals surface area contributed by atoms with Crippen molar-refractivity contribution in [2.24, 2.45) is 5.73 Å². The Kier molecular flexibility index (Phi) is 7.44. The minimum absolute atomic E-state index is 0.489. The van der Waals surface area contributed by atoms with E-state index in [0.717, 1.165) is 39.0 Å². The Balaban J connectivity index is 2.32. The van der Waals surface area contributed by atoms with Gasteiger partial charge in [0.05, 0.1) is 6.61 Å². The molecule has 1 aromatic heterocycles. The number of likely N-dealkylation sites (N-methyl/N-ethyl adjacent to an activating group) is 1. The Labute approximate surface area is 109 Å². The molecule has 4 heteroatoms.